The maximum atomic E-state index is 5.00. The Labute approximate surface area is 165 Å². The molecule has 5 aromatic heterocycles. The van der Waals surface area contributed by atoms with Crippen LogP contribution in [0.3, 0.4) is 0 Å². The Bertz CT molecular complexity index is 1270. The first-order valence-electron chi connectivity index (χ1n) is 8.81. The monoisotopic (exact) mass is 384 g/mol. The van der Waals surface area contributed by atoms with Crippen LogP contribution in [-0.4, -0.2) is 29.5 Å². The fourth-order valence-corrected chi connectivity index (χ4v) is 4.29. The minimum absolute atomic E-state index is 0.856. The number of nitrogens with zero attached hydrogens (tertiary/aromatic N) is 6. The number of fused-ring (bicyclic) bond motifs is 1. The zero-order valence-electron chi connectivity index (χ0n) is 15.4. The third-order valence-corrected chi connectivity index (χ3v) is 5.83. The Hall–Kier alpha value is -3.45. The van der Waals surface area contributed by atoms with E-state index in [4.69, 9.17) is 9.97 Å². The van der Waals surface area contributed by atoms with Crippen molar-refractivity contribution < 1.29 is 0 Å². The highest BCUT2D eigenvalue weighted by atomic mass is 32.1. The van der Waals surface area contributed by atoms with Gasteiger partial charge in [-0.05, 0) is 31.2 Å². The standard InChI is InChI=1S/C21H16N6S/c1-13-20(28-21(25-13)15-10-22-12-23-11-15)17-9-14-6-8-27(2)19(14)18(26-17)16-5-3-4-7-24-16/h3-12H,1-2H3. The Morgan fingerprint density at radius 3 is 2.64 bits per heavy atom. The highest BCUT2D eigenvalue weighted by Gasteiger charge is 2.17. The van der Waals surface area contributed by atoms with Crippen LogP contribution >= 0.6 is 11.3 Å². The van der Waals surface area contributed by atoms with Crippen molar-refractivity contribution in [3.05, 3.63) is 67.1 Å². The highest BCUT2D eigenvalue weighted by Crippen LogP contribution is 2.37. The quantitative estimate of drug-likeness (QED) is 0.457. The van der Waals surface area contributed by atoms with E-state index in [0.717, 1.165) is 49.1 Å². The SMILES string of the molecule is Cc1nc(-c2cncnc2)sc1-c1cc2ccn(C)c2c(-c2ccccn2)n1. The average molecular weight is 384 g/mol. The van der Waals surface area contributed by atoms with Crippen LogP contribution in [0.2, 0.25) is 0 Å². The Morgan fingerprint density at radius 2 is 1.86 bits per heavy atom. The van der Waals surface area contributed by atoms with E-state index in [1.54, 1.807) is 29.9 Å². The lowest BCUT2D eigenvalue weighted by Gasteiger charge is -2.08. The van der Waals surface area contributed by atoms with Crippen LogP contribution in [-0.2, 0) is 7.05 Å². The molecule has 5 aromatic rings. The van der Waals surface area contributed by atoms with Gasteiger partial charge in [0.15, 0.2) is 0 Å². The molecule has 0 fully saturated rings. The zero-order valence-corrected chi connectivity index (χ0v) is 16.2. The molecule has 0 aromatic carbocycles. The molecule has 0 aliphatic heterocycles. The summed E-state index contributed by atoms with van der Waals surface area (Å²) in [5.74, 6) is 0. The third-order valence-electron chi connectivity index (χ3n) is 4.60. The minimum Gasteiger partial charge on any atom is -0.349 e. The molecule has 0 atom stereocenters. The van der Waals surface area contributed by atoms with E-state index in [2.05, 4.69) is 37.8 Å². The van der Waals surface area contributed by atoms with Crippen molar-refractivity contribution in [3.63, 3.8) is 0 Å². The van der Waals surface area contributed by atoms with E-state index >= 15 is 0 Å². The third kappa shape index (κ3) is 2.76. The molecule has 0 bridgehead atoms. The van der Waals surface area contributed by atoms with Gasteiger partial charge in [0.25, 0.3) is 0 Å². The van der Waals surface area contributed by atoms with E-state index in [-0.39, 0.29) is 0 Å². The number of aryl methyl sites for hydroxylation is 2. The van der Waals surface area contributed by atoms with E-state index in [1.807, 2.05) is 32.2 Å². The summed E-state index contributed by atoms with van der Waals surface area (Å²) in [6, 6.07) is 10.1. The van der Waals surface area contributed by atoms with Gasteiger partial charge >= 0.3 is 0 Å². The Morgan fingerprint density at radius 1 is 1.00 bits per heavy atom. The predicted octanol–water partition coefficient (Wildman–Crippen LogP) is 4.52. The molecule has 0 aliphatic rings. The van der Waals surface area contributed by atoms with Gasteiger partial charge in [-0.15, -0.1) is 11.3 Å². The number of hydrogen-bond donors (Lipinski definition) is 0. The average Bonchev–Trinajstić information content (AvgIpc) is 3.32. The second-order valence-corrected chi connectivity index (χ2v) is 7.50. The van der Waals surface area contributed by atoms with Gasteiger partial charge in [0.1, 0.15) is 17.0 Å². The maximum Gasteiger partial charge on any atom is 0.127 e. The second-order valence-electron chi connectivity index (χ2n) is 6.50. The van der Waals surface area contributed by atoms with Crippen LogP contribution in [0, 0.1) is 6.92 Å². The molecule has 5 heterocycles. The van der Waals surface area contributed by atoms with Crippen molar-refractivity contribution in [2.24, 2.45) is 7.05 Å². The molecule has 0 spiro atoms. The molecule has 0 aliphatic carbocycles. The Kier molecular flexibility index (Phi) is 3.95. The number of thiazole rings is 1. The molecule has 7 heteroatoms. The summed E-state index contributed by atoms with van der Waals surface area (Å²) >= 11 is 1.60. The number of hydrogen-bond acceptors (Lipinski definition) is 6. The summed E-state index contributed by atoms with van der Waals surface area (Å²) < 4.78 is 2.09. The van der Waals surface area contributed by atoms with Gasteiger partial charge in [0.2, 0.25) is 0 Å². The molecular weight excluding hydrogens is 368 g/mol. The number of pyridine rings is 2. The van der Waals surface area contributed by atoms with E-state index in [1.165, 1.54) is 6.33 Å². The van der Waals surface area contributed by atoms with Gasteiger partial charge in [0, 0.05) is 42.8 Å². The maximum absolute atomic E-state index is 5.00. The molecule has 0 radical (unpaired) electrons. The molecule has 5 rings (SSSR count). The smallest absolute Gasteiger partial charge is 0.127 e. The first-order chi connectivity index (χ1) is 13.7. The van der Waals surface area contributed by atoms with Gasteiger partial charge in [-0.1, -0.05) is 6.07 Å². The van der Waals surface area contributed by atoms with Gasteiger partial charge in [-0.2, -0.15) is 0 Å². The van der Waals surface area contributed by atoms with Crippen LogP contribution in [0.4, 0.5) is 0 Å². The normalized spacial score (nSPS) is 11.2. The van der Waals surface area contributed by atoms with Gasteiger partial charge < -0.3 is 4.57 Å². The van der Waals surface area contributed by atoms with Crippen LogP contribution in [0.15, 0.2) is 61.4 Å². The molecular formula is C21H16N6S. The van der Waals surface area contributed by atoms with Crippen molar-refractivity contribution in [2.45, 2.75) is 6.92 Å². The highest BCUT2D eigenvalue weighted by molar-refractivity contribution is 7.18. The van der Waals surface area contributed by atoms with Gasteiger partial charge in [-0.25, -0.2) is 19.9 Å². The minimum atomic E-state index is 0.856. The van der Waals surface area contributed by atoms with E-state index in [0.29, 0.717) is 0 Å². The van der Waals surface area contributed by atoms with E-state index in [9.17, 15) is 0 Å². The first kappa shape index (κ1) is 16.7. The van der Waals surface area contributed by atoms with Gasteiger partial charge in [0.05, 0.1) is 27.5 Å². The summed E-state index contributed by atoms with van der Waals surface area (Å²) in [4.78, 5) is 23.5. The van der Waals surface area contributed by atoms with Crippen LogP contribution < -0.4 is 0 Å². The summed E-state index contributed by atoms with van der Waals surface area (Å²) in [7, 11) is 2.03. The van der Waals surface area contributed by atoms with Crippen molar-refractivity contribution >= 4 is 22.2 Å². The predicted molar refractivity (Wildman–Crippen MR) is 111 cm³/mol. The van der Waals surface area contributed by atoms with Gasteiger partial charge in [-0.3, -0.25) is 4.98 Å². The first-order valence-corrected chi connectivity index (χ1v) is 9.63. The lowest BCUT2D eigenvalue weighted by atomic mass is 10.1. The largest absolute Gasteiger partial charge is 0.349 e. The molecule has 0 saturated carbocycles. The molecule has 0 saturated heterocycles. The zero-order chi connectivity index (χ0) is 19.1. The molecule has 28 heavy (non-hydrogen) atoms. The lowest BCUT2D eigenvalue weighted by Crippen LogP contribution is -1.95. The molecule has 0 N–H and O–H groups in total. The summed E-state index contributed by atoms with van der Waals surface area (Å²) in [6.45, 7) is 2.01. The molecule has 0 amide bonds. The number of aromatic nitrogens is 6. The van der Waals surface area contributed by atoms with E-state index < -0.39 is 0 Å². The van der Waals surface area contributed by atoms with Crippen LogP contribution in [0.5, 0.6) is 0 Å². The Balaban J connectivity index is 1.72. The number of rotatable bonds is 3. The topological polar surface area (TPSA) is 69.4 Å². The van der Waals surface area contributed by atoms with Crippen molar-refractivity contribution in [1.29, 1.82) is 0 Å². The van der Waals surface area contributed by atoms with Crippen molar-refractivity contribution in [1.82, 2.24) is 29.5 Å². The van der Waals surface area contributed by atoms with Crippen molar-refractivity contribution in [2.75, 3.05) is 0 Å². The fourth-order valence-electron chi connectivity index (χ4n) is 3.29. The van der Waals surface area contributed by atoms with Crippen molar-refractivity contribution in [3.8, 4) is 32.5 Å². The molecule has 136 valence electrons. The molecule has 0 unspecified atom stereocenters. The molecule has 6 nitrogen and oxygen atoms in total. The van der Waals surface area contributed by atoms with Crippen LogP contribution in [0.1, 0.15) is 5.69 Å². The van der Waals surface area contributed by atoms with Crippen LogP contribution in [0.25, 0.3) is 43.4 Å². The summed E-state index contributed by atoms with van der Waals surface area (Å²) in [5.41, 5.74) is 5.55. The second kappa shape index (κ2) is 6.61. The summed E-state index contributed by atoms with van der Waals surface area (Å²) in [5, 5.41) is 2.02. The summed E-state index contributed by atoms with van der Waals surface area (Å²) in [6.07, 6.45) is 8.93. The lowest BCUT2D eigenvalue weighted by molar-refractivity contribution is 0.965. The fraction of sp³-hybridized carbons (Fsp3) is 0.0952.